The summed E-state index contributed by atoms with van der Waals surface area (Å²) in [5.41, 5.74) is 0.544. The number of aromatic nitrogens is 1. The molecule has 5 heteroatoms. The molecule has 1 saturated heterocycles. The van der Waals surface area contributed by atoms with Crippen molar-refractivity contribution in [3.05, 3.63) is 23.9 Å². The maximum Gasteiger partial charge on any atom is 0.310 e. The van der Waals surface area contributed by atoms with E-state index in [-0.39, 0.29) is 11.9 Å². The molecule has 0 unspecified atom stereocenters. The van der Waals surface area contributed by atoms with Crippen LogP contribution in [0.5, 0.6) is 0 Å². The molecular formula is C13H15N3O2. The van der Waals surface area contributed by atoms with E-state index in [1.54, 1.807) is 18.3 Å². The Morgan fingerprint density at radius 2 is 2.50 bits per heavy atom. The molecule has 1 aromatic heterocycles. The third-order valence-electron chi connectivity index (χ3n) is 3.16. The third-order valence-corrected chi connectivity index (χ3v) is 3.16. The summed E-state index contributed by atoms with van der Waals surface area (Å²) in [4.78, 5) is 17.8. The summed E-state index contributed by atoms with van der Waals surface area (Å²) in [5, 5.41) is 9.06. The van der Waals surface area contributed by atoms with Crippen molar-refractivity contribution in [1.82, 2.24) is 4.98 Å². The van der Waals surface area contributed by atoms with E-state index in [1.807, 2.05) is 4.90 Å². The van der Waals surface area contributed by atoms with Gasteiger partial charge in [-0.2, -0.15) is 5.26 Å². The molecule has 1 fully saturated rings. The van der Waals surface area contributed by atoms with Gasteiger partial charge in [-0.1, -0.05) is 0 Å². The van der Waals surface area contributed by atoms with E-state index in [0.29, 0.717) is 17.9 Å². The predicted octanol–water partition coefficient (Wildman–Crippen LogP) is 1.34. The molecule has 2 heterocycles. The normalized spacial score (nSPS) is 19.1. The van der Waals surface area contributed by atoms with E-state index < -0.39 is 0 Å². The highest BCUT2D eigenvalue weighted by atomic mass is 16.5. The van der Waals surface area contributed by atoms with E-state index in [9.17, 15) is 4.79 Å². The number of anilines is 1. The third kappa shape index (κ3) is 2.43. The van der Waals surface area contributed by atoms with Gasteiger partial charge in [-0.05, 0) is 25.0 Å². The molecule has 5 nitrogen and oxygen atoms in total. The van der Waals surface area contributed by atoms with Gasteiger partial charge in [0.15, 0.2) is 0 Å². The summed E-state index contributed by atoms with van der Waals surface area (Å²) in [7, 11) is 1.41. The maximum atomic E-state index is 11.6. The highest BCUT2D eigenvalue weighted by Gasteiger charge is 2.28. The number of methoxy groups -OCH3 is 1. The van der Waals surface area contributed by atoms with Gasteiger partial charge in [0, 0.05) is 19.3 Å². The first-order chi connectivity index (χ1) is 8.76. The second-order valence-corrected chi connectivity index (χ2v) is 4.29. The Morgan fingerprint density at radius 1 is 1.67 bits per heavy atom. The van der Waals surface area contributed by atoms with Crippen LogP contribution >= 0.6 is 0 Å². The molecule has 0 N–H and O–H groups in total. The van der Waals surface area contributed by atoms with Crippen LogP contribution in [0.15, 0.2) is 18.3 Å². The highest BCUT2D eigenvalue weighted by molar-refractivity contribution is 5.73. The average molecular weight is 245 g/mol. The van der Waals surface area contributed by atoms with Crippen molar-refractivity contribution in [2.24, 2.45) is 5.92 Å². The van der Waals surface area contributed by atoms with Gasteiger partial charge in [0.05, 0.1) is 18.6 Å². The van der Waals surface area contributed by atoms with Crippen molar-refractivity contribution < 1.29 is 9.53 Å². The SMILES string of the molecule is COC(=O)[C@H]1CCCN(c2ncccc2C#N)C1. The molecule has 0 aliphatic carbocycles. The molecule has 0 amide bonds. The van der Waals surface area contributed by atoms with E-state index in [2.05, 4.69) is 11.1 Å². The van der Waals surface area contributed by atoms with Crippen LogP contribution in [-0.4, -0.2) is 31.2 Å². The minimum atomic E-state index is -0.186. The molecule has 0 bridgehead atoms. The Morgan fingerprint density at radius 3 is 3.22 bits per heavy atom. The zero-order valence-electron chi connectivity index (χ0n) is 10.3. The minimum Gasteiger partial charge on any atom is -0.469 e. The molecule has 1 aliphatic heterocycles. The topological polar surface area (TPSA) is 66.2 Å². The van der Waals surface area contributed by atoms with Gasteiger partial charge in [0.2, 0.25) is 0 Å². The van der Waals surface area contributed by atoms with Gasteiger partial charge in [-0.15, -0.1) is 0 Å². The fraction of sp³-hybridized carbons (Fsp3) is 0.462. The molecule has 1 aromatic rings. The summed E-state index contributed by atoms with van der Waals surface area (Å²) in [5.74, 6) is 0.347. The first-order valence-corrected chi connectivity index (χ1v) is 5.94. The summed E-state index contributed by atoms with van der Waals surface area (Å²) < 4.78 is 4.78. The number of piperidine rings is 1. The van der Waals surface area contributed by atoms with E-state index in [1.165, 1.54) is 7.11 Å². The Kier molecular flexibility index (Phi) is 3.78. The molecule has 1 atom stereocenters. The lowest BCUT2D eigenvalue weighted by atomic mass is 9.98. The number of carbonyl (C=O) groups excluding carboxylic acids is 1. The van der Waals surface area contributed by atoms with Crippen LogP contribution in [0.1, 0.15) is 18.4 Å². The Hall–Kier alpha value is -2.09. The van der Waals surface area contributed by atoms with Gasteiger partial charge in [-0.3, -0.25) is 4.79 Å². The molecule has 2 rings (SSSR count). The maximum absolute atomic E-state index is 11.6. The summed E-state index contributed by atoms with van der Waals surface area (Å²) in [6.07, 6.45) is 3.40. The molecule has 0 radical (unpaired) electrons. The molecule has 0 saturated carbocycles. The summed E-state index contributed by atoms with van der Waals surface area (Å²) in [6.45, 7) is 1.39. The van der Waals surface area contributed by atoms with Crippen LogP contribution in [0, 0.1) is 17.2 Å². The number of nitrogens with zero attached hydrogens (tertiary/aromatic N) is 3. The van der Waals surface area contributed by atoms with E-state index in [4.69, 9.17) is 10.00 Å². The van der Waals surface area contributed by atoms with Crippen molar-refractivity contribution in [2.75, 3.05) is 25.1 Å². The zero-order chi connectivity index (χ0) is 13.0. The zero-order valence-corrected chi connectivity index (χ0v) is 10.3. The number of pyridine rings is 1. The van der Waals surface area contributed by atoms with Crippen molar-refractivity contribution in [1.29, 1.82) is 5.26 Å². The molecule has 0 aromatic carbocycles. The highest BCUT2D eigenvalue weighted by Crippen LogP contribution is 2.24. The van der Waals surface area contributed by atoms with Crippen LogP contribution in [-0.2, 0) is 9.53 Å². The summed E-state index contributed by atoms with van der Waals surface area (Å²) in [6, 6.07) is 5.61. The lowest BCUT2D eigenvalue weighted by Gasteiger charge is -2.32. The minimum absolute atomic E-state index is 0.128. The number of rotatable bonds is 2. The second kappa shape index (κ2) is 5.50. The molecule has 1 aliphatic rings. The molecule has 0 spiro atoms. The van der Waals surface area contributed by atoms with Crippen molar-refractivity contribution in [3.63, 3.8) is 0 Å². The number of hydrogen-bond acceptors (Lipinski definition) is 5. The fourth-order valence-electron chi connectivity index (χ4n) is 2.26. The van der Waals surface area contributed by atoms with Gasteiger partial charge >= 0.3 is 5.97 Å². The van der Waals surface area contributed by atoms with Crippen molar-refractivity contribution in [2.45, 2.75) is 12.8 Å². The number of carbonyl (C=O) groups is 1. The average Bonchev–Trinajstić information content (AvgIpc) is 2.46. The Bertz CT molecular complexity index is 481. The number of ether oxygens (including phenoxy) is 1. The van der Waals surface area contributed by atoms with Crippen LogP contribution in [0.2, 0.25) is 0 Å². The number of hydrogen-bond donors (Lipinski definition) is 0. The van der Waals surface area contributed by atoms with Crippen molar-refractivity contribution in [3.8, 4) is 6.07 Å². The second-order valence-electron chi connectivity index (χ2n) is 4.29. The molecule has 18 heavy (non-hydrogen) atoms. The first kappa shape index (κ1) is 12.4. The van der Waals surface area contributed by atoms with Crippen LogP contribution in [0.4, 0.5) is 5.82 Å². The standard InChI is InChI=1S/C13H15N3O2/c1-18-13(17)11-5-3-7-16(9-11)12-10(8-14)4-2-6-15-12/h2,4,6,11H,3,5,7,9H2,1H3/t11-/m0/s1. The van der Waals surface area contributed by atoms with Crippen LogP contribution in [0.25, 0.3) is 0 Å². The smallest absolute Gasteiger partial charge is 0.310 e. The number of esters is 1. The fourth-order valence-corrected chi connectivity index (χ4v) is 2.26. The van der Waals surface area contributed by atoms with E-state index in [0.717, 1.165) is 19.4 Å². The lowest BCUT2D eigenvalue weighted by Crippen LogP contribution is -2.40. The van der Waals surface area contributed by atoms with Crippen LogP contribution in [0.3, 0.4) is 0 Å². The van der Waals surface area contributed by atoms with Gasteiger partial charge in [-0.25, -0.2) is 4.98 Å². The quantitative estimate of drug-likeness (QED) is 0.736. The van der Waals surface area contributed by atoms with Gasteiger partial charge < -0.3 is 9.64 Å². The van der Waals surface area contributed by atoms with Gasteiger partial charge in [0.1, 0.15) is 11.9 Å². The lowest BCUT2D eigenvalue weighted by molar-refractivity contribution is -0.145. The molecule has 94 valence electrons. The number of nitriles is 1. The summed E-state index contributed by atoms with van der Waals surface area (Å²) >= 11 is 0. The predicted molar refractivity (Wildman–Crippen MR) is 65.9 cm³/mol. The first-order valence-electron chi connectivity index (χ1n) is 5.94. The van der Waals surface area contributed by atoms with E-state index >= 15 is 0 Å². The largest absolute Gasteiger partial charge is 0.469 e. The Labute approximate surface area is 106 Å². The molecular weight excluding hydrogens is 230 g/mol. The monoisotopic (exact) mass is 245 g/mol. The Balaban J connectivity index is 2.18. The van der Waals surface area contributed by atoms with Crippen LogP contribution < -0.4 is 4.90 Å². The van der Waals surface area contributed by atoms with Crippen molar-refractivity contribution >= 4 is 11.8 Å². The van der Waals surface area contributed by atoms with Gasteiger partial charge in [0.25, 0.3) is 0 Å².